The van der Waals surface area contributed by atoms with Crippen molar-refractivity contribution in [2.75, 3.05) is 13.1 Å². The maximum Gasteiger partial charge on any atom is 0.261 e. The quantitative estimate of drug-likeness (QED) is 0.670. The summed E-state index contributed by atoms with van der Waals surface area (Å²) in [6.45, 7) is 4.77. The molecule has 31 heavy (non-hydrogen) atoms. The van der Waals surface area contributed by atoms with Gasteiger partial charge in [0.1, 0.15) is 6.54 Å². The normalized spacial score (nSPS) is 27.2. The fraction of sp³-hybridized carbons (Fsp3) is 0.652. The number of hydrogen-bond donors (Lipinski definition) is 1. The van der Waals surface area contributed by atoms with Gasteiger partial charge in [0.2, 0.25) is 11.8 Å². The molecule has 8 heteroatoms. The Morgan fingerprint density at radius 3 is 2.55 bits per heavy atom. The summed E-state index contributed by atoms with van der Waals surface area (Å²) in [5.74, 6) is -0.757. The molecule has 3 aliphatic rings. The first kappa shape index (κ1) is 21.9. The first-order chi connectivity index (χ1) is 15.0. The summed E-state index contributed by atoms with van der Waals surface area (Å²) in [4.78, 5) is 50.7. The fourth-order valence-electron chi connectivity index (χ4n) is 4.96. The standard InChI is InChI=1S/C23H32N4O4/c1-15(2)8-13-25-18(28)14-26-20(16-9-11-24-12-10-16)19-21(31-26)23(30)27(22(19)29)17-6-4-3-5-7-17/h9-12,15,17,19-21H,3-8,13-14H2,1-2H3,(H,25,28). The van der Waals surface area contributed by atoms with Crippen molar-refractivity contribution in [3.63, 3.8) is 0 Å². The van der Waals surface area contributed by atoms with E-state index in [1.165, 1.54) is 9.96 Å². The molecule has 0 bridgehead atoms. The van der Waals surface area contributed by atoms with Crippen molar-refractivity contribution in [1.29, 1.82) is 0 Å². The second-order valence-corrected chi connectivity index (χ2v) is 9.22. The third-order valence-corrected chi connectivity index (χ3v) is 6.56. The average molecular weight is 429 g/mol. The van der Waals surface area contributed by atoms with Gasteiger partial charge in [0.25, 0.3) is 5.91 Å². The Morgan fingerprint density at radius 1 is 1.16 bits per heavy atom. The summed E-state index contributed by atoms with van der Waals surface area (Å²) >= 11 is 0. The molecule has 8 nitrogen and oxygen atoms in total. The maximum atomic E-state index is 13.4. The Bertz CT molecular complexity index is 809. The molecule has 1 aromatic rings. The van der Waals surface area contributed by atoms with Crippen molar-refractivity contribution in [3.05, 3.63) is 30.1 Å². The zero-order valence-electron chi connectivity index (χ0n) is 18.3. The van der Waals surface area contributed by atoms with Gasteiger partial charge in [-0.15, -0.1) is 0 Å². The van der Waals surface area contributed by atoms with Crippen LogP contribution < -0.4 is 5.32 Å². The molecule has 1 aromatic heterocycles. The van der Waals surface area contributed by atoms with Gasteiger partial charge in [-0.1, -0.05) is 33.1 Å². The summed E-state index contributed by atoms with van der Waals surface area (Å²) in [5, 5.41) is 4.43. The Hall–Kier alpha value is -2.32. The summed E-state index contributed by atoms with van der Waals surface area (Å²) in [5.41, 5.74) is 0.823. The topological polar surface area (TPSA) is 91.8 Å². The number of aromatic nitrogens is 1. The number of nitrogens with one attached hydrogen (secondary N) is 1. The van der Waals surface area contributed by atoms with Gasteiger partial charge in [0.15, 0.2) is 6.10 Å². The molecular formula is C23H32N4O4. The smallest absolute Gasteiger partial charge is 0.261 e. The van der Waals surface area contributed by atoms with E-state index < -0.39 is 18.1 Å². The van der Waals surface area contributed by atoms with Crippen molar-refractivity contribution in [3.8, 4) is 0 Å². The van der Waals surface area contributed by atoms with Crippen molar-refractivity contribution < 1.29 is 19.2 Å². The van der Waals surface area contributed by atoms with Crippen LogP contribution in [0.15, 0.2) is 24.5 Å². The van der Waals surface area contributed by atoms with Crippen LogP contribution in [0.3, 0.4) is 0 Å². The van der Waals surface area contributed by atoms with Crippen LogP contribution in [0.1, 0.15) is 64.0 Å². The lowest BCUT2D eigenvalue weighted by atomic mass is 9.91. The molecule has 2 aliphatic heterocycles. The summed E-state index contributed by atoms with van der Waals surface area (Å²) in [6.07, 6.45) is 8.28. The van der Waals surface area contributed by atoms with Gasteiger partial charge in [-0.3, -0.25) is 29.1 Å². The largest absolute Gasteiger partial charge is 0.355 e. The Labute approximate surface area is 183 Å². The molecule has 0 aromatic carbocycles. The van der Waals surface area contributed by atoms with Crippen molar-refractivity contribution in [2.24, 2.45) is 11.8 Å². The molecule has 1 saturated carbocycles. The fourth-order valence-corrected chi connectivity index (χ4v) is 4.96. The SMILES string of the molecule is CC(C)CCNC(=O)CN1OC2C(=O)N(C3CCCCC3)C(=O)C2C1c1ccncc1. The lowest BCUT2D eigenvalue weighted by Gasteiger charge is -2.32. The van der Waals surface area contributed by atoms with E-state index in [0.29, 0.717) is 12.5 Å². The molecular weight excluding hydrogens is 396 g/mol. The summed E-state index contributed by atoms with van der Waals surface area (Å²) in [7, 11) is 0. The third kappa shape index (κ3) is 4.50. The van der Waals surface area contributed by atoms with Crippen LogP contribution in [-0.2, 0) is 19.2 Å². The van der Waals surface area contributed by atoms with Crippen LogP contribution in [-0.4, -0.2) is 57.9 Å². The number of hydrogen-bond acceptors (Lipinski definition) is 6. The van der Waals surface area contributed by atoms with Crippen molar-refractivity contribution in [1.82, 2.24) is 20.3 Å². The van der Waals surface area contributed by atoms with E-state index in [-0.39, 0.29) is 30.3 Å². The lowest BCUT2D eigenvalue weighted by Crippen LogP contribution is -2.45. The first-order valence-corrected chi connectivity index (χ1v) is 11.4. The maximum absolute atomic E-state index is 13.4. The third-order valence-electron chi connectivity index (χ3n) is 6.56. The van der Waals surface area contributed by atoms with Gasteiger partial charge in [-0.2, -0.15) is 5.06 Å². The van der Waals surface area contributed by atoms with Gasteiger partial charge in [-0.05, 0) is 42.9 Å². The number of amides is 3. The lowest BCUT2D eigenvalue weighted by molar-refractivity contribution is -0.183. The van der Waals surface area contributed by atoms with E-state index in [4.69, 9.17) is 4.84 Å². The zero-order valence-corrected chi connectivity index (χ0v) is 18.3. The minimum Gasteiger partial charge on any atom is -0.355 e. The van der Waals surface area contributed by atoms with Gasteiger partial charge >= 0.3 is 0 Å². The molecule has 3 unspecified atom stereocenters. The Kier molecular flexibility index (Phi) is 6.67. The van der Waals surface area contributed by atoms with Crippen molar-refractivity contribution in [2.45, 2.75) is 70.6 Å². The van der Waals surface area contributed by atoms with Gasteiger partial charge in [-0.25, -0.2) is 0 Å². The molecule has 168 valence electrons. The highest BCUT2D eigenvalue weighted by molar-refractivity contribution is 6.07. The molecule has 1 aliphatic carbocycles. The Morgan fingerprint density at radius 2 is 1.87 bits per heavy atom. The Balaban J connectivity index is 1.53. The van der Waals surface area contributed by atoms with Crippen LogP contribution >= 0.6 is 0 Å². The van der Waals surface area contributed by atoms with Crippen LogP contribution in [0.4, 0.5) is 0 Å². The molecule has 2 saturated heterocycles. The van der Waals surface area contributed by atoms with E-state index in [2.05, 4.69) is 24.1 Å². The molecule has 0 spiro atoms. The predicted molar refractivity (Wildman–Crippen MR) is 113 cm³/mol. The highest BCUT2D eigenvalue weighted by atomic mass is 16.7. The molecule has 1 N–H and O–H groups in total. The first-order valence-electron chi connectivity index (χ1n) is 11.4. The van der Waals surface area contributed by atoms with E-state index in [0.717, 1.165) is 44.1 Å². The average Bonchev–Trinajstić information content (AvgIpc) is 3.24. The summed E-state index contributed by atoms with van der Waals surface area (Å²) < 4.78 is 0. The predicted octanol–water partition coefficient (Wildman–Crippen LogP) is 2.22. The number of likely N-dealkylation sites (tertiary alicyclic amines) is 1. The monoisotopic (exact) mass is 428 g/mol. The minimum absolute atomic E-state index is 0.0257. The van der Waals surface area contributed by atoms with Crippen LogP contribution in [0.25, 0.3) is 0 Å². The van der Waals surface area contributed by atoms with E-state index in [1.807, 2.05) is 12.1 Å². The summed E-state index contributed by atoms with van der Waals surface area (Å²) in [6, 6.07) is 3.12. The molecule has 4 rings (SSSR count). The zero-order chi connectivity index (χ0) is 22.0. The van der Waals surface area contributed by atoms with E-state index in [1.54, 1.807) is 12.4 Å². The molecule has 0 radical (unpaired) electrons. The van der Waals surface area contributed by atoms with Gasteiger partial charge < -0.3 is 5.32 Å². The van der Waals surface area contributed by atoms with Crippen LogP contribution in [0.5, 0.6) is 0 Å². The van der Waals surface area contributed by atoms with Gasteiger partial charge in [0.05, 0.1) is 12.0 Å². The number of fused-ring (bicyclic) bond motifs is 1. The number of pyridine rings is 1. The molecule has 3 amide bonds. The number of rotatable bonds is 7. The number of carbonyl (C=O) groups is 3. The highest BCUT2D eigenvalue weighted by Gasteiger charge is 2.60. The second kappa shape index (κ2) is 9.44. The molecule has 3 heterocycles. The number of hydroxylamine groups is 2. The van der Waals surface area contributed by atoms with Crippen LogP contribution in [0.2, 0.25) is 0 Å². The van der Waals surface area contributed by atoms with Crippen molar-refractivity contribution >= 4 is 17.7 Å². The second-order valence-electron chi connectivity index (χ2n) is 9.22. The van der Waals surface area contributed by atoms with Gasteiger partial charge in [0, 0.05) is 25.0 Å². The number of carbonyl (C=O) groups excluding carboxylic acids is 3. The minimum atomic E-state index is -0.865. The highest BCUT2D eigenvalue weighted by Crippen LogP contribution is 2.45. The number of nitrogens with zero attached hydrogens (tertiary/aromatic N) is 3. The van der Waals surface area contributed by atoms with Crippen LogP contribution in [0, 0.1) is 11.8 Å². The van der Waals surface area contributed by atoms with E-state index in [9.17, 15) is 14.4 Å². The molecule has 3 fully saturated rings. The number of imide groups is 1. The van der Waals surface area contributed by atoms with E-state index >= 15 is 0 Å². The molecule has 3 atom stereocenters.